The number of amides is 2. The number of nitrogens with one attached hydrogen (secondary N) is 1. The Labute approximate surface area is 135 Å². The Balaban J connectivity index is 2.02. The number of likely N-dealkylation sites (tertiary alicyclic amines) is 1. The van der Waals surface area contributed by atoms with Crippen LogP contribution in [0.2, 0.25) is 0 Å². The number of nitrogens with zero attached hydrogens (tertiary/aromatic N) is 1. The average Bonchev–Trinajstić information content (AvgIpc) is 3.01. The summed E-state index contributed by atoms with van der Waals surface area (Å²) in [6, 6.07) is 7.89. The van der Waals surface area contributed by atoms with E-state index in [0.717, 1.165) is 30.5 Å². The predicted molar refractivity (Wildman–Crippen MR) is 90.2 cm³/mol. The first-order chi connectivity index (χ1) is 10.6. The van der Waals surface area contributed by atoms with Gasteiger partial charge in [0.15, 0.2) is 0 Å². The van der Waals surface area contributed by atoms with Gasteiger partial charge >= 0.3 is 0 Å². The van der Waals surface area contributed by atoms with Gasteiger partial charge in [0.2, 0.25) is 11.8 Å². The molecule has 2 atom stereocenters. The molecule has 22 heavy (non-hydrogen) atoms. The molecule has 0 bridgehead atoms. The molecule has 1 N–H and O–H groups in total. The molecule has 1 aromatic rings. The van der Waals surface area contributed by atoms with Crippen molar-refractivity contribution >= 4 is 29.3 Å². The van der Waals surface area contributed by atoms with Gasteiger partial charge in [-0.15, -0.1) is 0 Å². The number of hydrogen-bond acceptors (Lipinski definition) is 3. The second-order valence-electron chi connectivity index (χ2n) is 6.05. The lowest BCUT2D eigenvalue weighted by Gasteiger charge is -2.34. The Bertz CT molecular complexity index is 604. The van der Waals surface area contributed by atoms with E-state index >= 15 is 0 Å². The molecule has 0 unspecified atom stereocenters. The minimum Gasteiger partial charge on any atom is -0.338 e. The maximum absolute atomic E-state index is 12.8. The van der Waals surface area contributed by atoms with Crippen molar-refractivity contribution < 1.29 is 9.59 Å². The molecule has 4 nitrogen and oxygen atoms in total. The fourth-order valence-electron chi connectivity index (χ4n) is 3.98. The van der Waals surface area contributed by atoms with Crippen LogP contribution in [-0.2, 0) is 15.0 Å². The van der Waals surface area contributed by atoms with Gasteiger partial charge in [-0.2, -0.15) is 11.8 Å². The van der Waals surface area contributed by atoms with E-state index in [2.05, 4.69) is 12.2 Å². The molecule has 2 amide bonds. The fourth-order valence-corrected chi connectivity index (χ4v) is 4.39. The van der Waals surface area contributed by atoms with Crippen LogP contribution >= 0.6 is 11.8 Å². The lowest BCUT2D eigenvalue weighted by atomic mass is 9.73. The first-order valence-electron chi connectivity index (χ1n) is 7.84. The van der Waals surface area contributed by atoms with Crippen LogP contribution in [0.3, 0.4) is 0 Å². The van der Waals surface area contributed by atoms with E-state index in [1.54, 1.807) is 11.8 Å². The third-order valence-corrected chi connectivity index (χ3v) is 5.44. The fraction of sp³-hybridized carbons (Fsp3) is 0.529. The van der Waals surface area contributed by atoms with Crippen molar-refractivity contribution in [1.82, 2.24) is 4.90 Å². The monoisotopic (exact) mass is 318 g/mol. The van der Waals surface area contributed by atoms with Crippen LogP contribution in [0.4, 0.5) is 5.69 Å². The molecule has 0 saturated carbocycles. The zero-order chi connectivity index (χ0) is 15.7. The Morgan fingerprint density at radius 3 is 2.95 bits per heavy atom. The van der Waals surface area contributed by atoms with Gasteiger partial charge < -0.3 is 10.2 Å². The summed E-state index contributed by atoms with van der Waals surface area (Å²) in [4.78, 5) is 27.2. The summed E-state index contributed by atoms with van der Waals surface area (Å²) >= 11 is 1.54. The lowest BCUT2D eigenvalue weighted by molar-refractivity contribution is -0.130. The number of carbonyl (C=O) groups excluding carboxylic acids is 2. The minimum atomic E-state index is -0.555. The van der Waals surface area contributed by atoms with Gasteiger partial charge in [0.05, 0.1) is 17.2 Å². The number of para-hydroxylation sites is 1. The van der Waals surface area contributed by atoms with Crippen LogP contribution in [-0.4, -0.2) is 41.3 Å². The molecule has 2 aliphatic rings. The number of thioether (sulfide) groups is 1. The largest absolute Gasteiger partial charge is 0.338 e. The Hall–Kier alpha value is -1.49. The maximum atomic E-state index is 12.8. The summed E-state index contributed by atoms with van der Waals surface area (Å²) in [5, 5.41) is 3.03. The van der Waals surface area contributed by atoms with Gasteiger partial charge in [-0.3, -0.25) is 9.59 Å². The summed E-state index contributed by atoms with van der Waals surface area (Å²) in [6.07, 6.45) is 4.49. The van der Waals surface area contributed by atoms with Crippen molar-refractivity contribution in [3.8, 4) is 0 Å². The summed E-state index contributed by atoms with van der Waals surface area (Å²) in [5.41, 5.74) is 1.42. The molecule has 3 rings (SSSR count). The molecule has 0 aliphatic carbocycles. The minimum absolute atomic E-state index is 0.0270. The van der Waals surface area contributed by atoms with E-state index in [9.17, 15) is 9.59 Å². The maximum Gasteiger partial charge on any atom is 0.237 e. The molecule has 118 valence electrons. The molecule has 0 aromatic heterocycles. The van der Waals surface area contributed by atoms with Crippen LogP contribution in [0.15, 0.2) is 24.3 Å². The van der Waals surface area contributed by atoms with Gasteiger partial charge in [-0.05, 0) is 30.7 Å². The van der Waals surface area contributed by atoms with Crippen molar-refractivity contribution in [2.24, 2.45) is 0 Å². The number of rotatable bonds is 4. The number of carbonyl (C=O) groups is 2. The quantitative estimate of drug-likeness (QED) is 0.928. The second-order valence-corrected chi connectivity index (χ2v) is 6.91. The highest BCUT2D eigenvalue weighted by Crippen LogP contribution is 2.49. The van der Waals surface area contributed by atoms with E-state index < -0.39 is 5.41 Å². The van der Waals surface area contributed by atoms with Gasteiger partial charge in [0, 0.05) is 12.2 Å². The summed E-state index contributed by atoms with van der Waals surface area (Å²) in [6.45, 7) is 2.79. The van der Waals surface area contributed by atoms with Crippen LogP contribution in [0, 0.1) is 0 Å². The molecule has 0 radical (unpaired) electrons. The zero-order valence-corrected chi connectivity index (χ0v) is 13.9. The lowest BCUT2D eigenvalue weighted by Crippen LogP contribution is -2.49. The summed E-state index contributed by atoms with van der Waals surface area (Å²) in [7, 11) is 0. The number of fused-ring (bicyclic) bond motifs is 2. The Kier molecular flexibility index (Phi) is 4.17. The van der Waals surface area contributed by atoms with Crippen molar-refractivity contribution in [2.75, 3.05) is 23.9 Å². The summed E-state index contributed by atoms with van der Waals surface area (Å²) in [5.74, 6) is 0.700. The van der Waals surface area contributed by atoms with E-state index in [1.165, 1.54) is 0 Å². The van der Waals surface area contributed by atoms with Crippen LogP contribution < -0.4 is 5.32 Å². The van der Waals surface area contributed by atoms with Crippen LogP contribution in [0.1, 0.15) is 31.7 Å². The second kappa shape index (κ2) is 5.95. The average molecular weight is 318 g/mol. The molecule has 1 spiro atoms. The normalized spacial score (nSPS) is 26.4. The van der Waals surface area contributed by atoms with E-state index in [4.69, 9.17) is 0 Å². The molecule has 1 saturated heterocycles. The smallest absolute Gasteiger partial charge is 0.237 e. The van der Waals surface area contributed by atoms with Crippen molar-refractivity contribution in [2.45, 2.75) is 37.6 Å². The number of anilines is 1. The highest BCUT2D eigenvalue weighted by atomic mass is 32.2. The molecule has 1 fully saturated rings. The van der Waals surface area contributed by atoms with E-state index in [-0.39, 0.29) is 17.9 Å². The number of hydrogen-bond donors (Lipinski definition) is 1. The Morgan fingerprint density at radius 2 is 2.23 bits per heavy atom. The van der Waals surface area contributed by atoms with Crippen LogP contribution in [0.5, 0.6) is 0 Å². The first-order valence-corrected chi connectivity index (χ1v) is 9.24. The van der Waals surface area contributed by atoms with Crippen molar-refractivity contribution in [3.05, 3.63) is 29.8 Å². The third kappa shape index (κ3) is 2.14. The van der Waals surface area contributed by atoms with Crippen LogP contribution in [0.25, 0.3) is 0 Å². The van der Waals surface area contributed by atoms with Gasteiger partial charge in [-0.1, -0.05) is 31.5 Å². The Morgan fingerprint density at radius 1 is 1.45 bits per heavy atom. The van der Waals surface area contributed by atoms with E-state index in [1.807, 2.05) is 35.4 Å². The molecule has 2 heterocycles. The molecule has 5 heteroatoms. The van der Waals surface area contributed by atoms with Gasteiger partial charge in [0.25, 0.3) is 0 Å². The van der Waals surface area contributed by atoms with Gasteiger partial charge in [0.1, 0.15) is 0 Å². The molecule has 1 aromatic carbocycles. The predicted octanol–water partition coefficient (Wildman–Crippen LogP) is 2.64. The van der Waals surface area contributed by atoms with E-state index in [0.29, 0.717) is 12.3 Å². The summed E-state index contributed by atoms with van der Waals surface area (Å²) < 4.78 is 0. The number of benzene rings is 1. The SMILES string of the molecule is CCC[C@@H]1N(C(=O)CSC)CC[C@]12C(=O)Nc1ccccc12. The van der Waals surface area contributed by atoms with Crippen molar-refractivity contribution in [3.63, 3.8) is 0 Å². The zero-order valence-electron chi connectivity index (χ0n) is 13.1. The highest BCUT2D eigenvalue weighted by molar-refractivity contribution is 7.99. The first kappa shape index (κ1) is 15.4. The van der Waals surface area contributed by atoms with Gasteiger partial charge in [-0.25, -0.2) is 0 Å². The highest BCUT2D eigenvalue weighted by Gasteiger charge is 2.58. The topological polar surface area (TPSA) is 49.4 Å². The standard InChI is InChI=1S/C17H22N2O2S/c1-3-6-14-17(9-10-19(14)15(20)11-22-2)12-7-4-5-8-13(12)18-16(17)21/h4-5,7-8,14H,3,6,9-11H2,1-2H3,(H,18,21)/t14-,17+/m0/s1. The van der Waals surface area contributed by atoms with Crippen molar-refractivity contribution in [1.29, 1.82) is 0 Å². The molecular weight excluding hydrogens is 296 g/mol. The molecular formula is C17H22N2O2S. The molecule has 2 aliphatic heterocycles. The third-order valence-electron chi connectivity index (χ3n) is 4.90.